The first-order valence-electron chi connectivity index (χ1n) is 6.58. The van der Waals surface area contributed by atoms with Gasteiger partial charge in [0.2, 0.25) is 11.7 Å². The van der Waals surface area contributed by atoms with Gasteiger partial charge in [0.15, 0.2) is 0 Å². The van der Waals surface area contributed by atoms with E-state index in [0.717, 1.165) is 18.6 Å². The molecular weight excluding hydrogens is 274 g/mol. The maximum atomic E-state index is 11.0. The van der Waals surface area contributed by atoms with E-state index < -0.39 is 4.92 Å². The van der Waals surface area contributed by atoms with Crippen molar-refractivity contribution in [2.24, 2.45) is 0 Å². The van der Waals surface area contributed by atoms with Gasteiger partial charge in [0.1, 0.15) is 5.76 Å². The lowest BCUT2D eigenvalue weighted by molar-refractivity contribution is -0.384. The number of nitrogens with one attached hydrogen (secondary N) is 1. The van der Waals surface area contributed by atoms with Crippen molar-refractivity contribution in [1.82, 2.24) is 4.98 Å². The van der Waals surface area contributed by atoms with Gasteiger partial charge in [-0.05, 0) is 25.5 Å². The molecule has 2 heterocycles. The molecule has 7 nitrogen and oxygen atoms in total. The van der Waals surface area contributed by atoms with Gasteiger partial charge in [0.05, 0.1) is 18.3 Å². The number of hydrogen-bond donors (Lipinski definition) is 1. The highest BCUT2D eigenvalue weighted by atomic mass is 16.6. The summed E-state index contributed by atoms with van der Waals surface area (Å²) in [7, 11) is 1.47. The predicted octanol–water partition coefficient (Wildman–Crippen LogP) is 3.02. The molecule has 0 amide bonds. The second-order valence-electron chi connectivity index (χ2n) is 4.64. The van der Waals surface area contributed by atoms with Gasteiger partial charge in [0.25, 0.3) is 0 Å². The fourth-order valence-electron chi connectivity index (χ4n) is 1.92. The van der Waals surface area contributed by atoms with Gasteiger partial charge < -0.3 is 14.5 Å². The summed E-state index contributed by atoms with van der Waals surface area (Å²) in [4.78, 5) is 14.7. The van der Waals surface area contributed by atoms with E-state index in [1.165, 1.54) is 19.2 Å². The first-order chi connectivity index (χ1) is 10.1. The third kappa shape index (κ3) is 3.95. The van der Waals surface area contributed by atoms with Gasteiger partial charge in [0, 0.05) is 24.6 Å². The van der Waals surface area contributed by atoms with Crippen LogP contribution >= 0.6 is 0 Å². The Kier molecular flexibility index (Phi) is 4.76. The molecule has 1 atom stereocenters. The molecule has 0 aromatic carbocycles. The Hall–Kier alpha value is -2.57. The first kappa shape index (κ1) is 14.8. The fourth-order valence-corrected chi connectivity index (χ4v) is 1.92. The number of hydrogen-bond acceptors (Lipinski definition) is 6. The monoisotopic (exact) mass is 291 g/mol. The van der Waals surface area contributed by atoms with E-state index in [-0.39, 0.29) is 17.5 Å². The Morgan fingerprint density at radius 3 is 2.90 bits per heavy atom. The van der Waals surface area contributed by atoms with E-state index in [9.17, 15) is 10.1 Å². The lowest BCUT2D eigenvalue weighted by Gasteiger charge is -2.14. The van der Waals surface area contributed by atoms with Gasteiger partial charge >= 0.3 is 5.69 Å². The molecule has 0 saturated heterocycles. The maximum absolute atomic E-state index is 11.0. The summed E-state index contributed by atoms with van der Waals surface area (Å²) in [6.07, 6.45) is 3.14. The molecule has 7 heteroatoms. The van der Waals surface area contributed by atoms with Gasteiger partial charge in [-0.1, -0.05) is 0 Å². The molecule has 112 valence electrons. The zero-order chi connectivity index (χ0) is 15.2. The molecule has 2 aromatic heterocycles. The predicted molar refractivity (Wildman–Crippen MR) is 77.6 cm³/mol. The molecule has 0 aliphatic carbocycles. The lowest BCUT2D eigenvalue weighted by Crippen LogP contribution is -2.18. The average molecular weight is 291 g/mol. The molecule has 2 aromatic rings. The van der Waals surface area contributed by atoms with Crippen LogP contribution in [0.5, 0.6) is 5.88 Å². The molecule has 2 rings (SSSR count). The van der Waals surface area contributed by atoms with Crippen LogP contribution < -0.4 is 10.1 Å². The van der Waals surface area contributed by atoms with Crippen molar-refractivity contribution in [2.45, 2.75) is 25.8 Å². The van der Waals surface area contributed by atoms with E-state index in [1.54, 1.807) is 6.26 Å². The van der Waals surface area contributed by atoms with Crippen molar-refractivity contribution in [3.8, 4) is 5.88 Å². The van der Waals surface area contributed by atoms with Crippen molar-refractivity contribution in [3.05, 3.63) is 46.4 Å². The number of nitrogens with zero attached hydrogens (tertiary/aromatic N) is 2. The minimum atomic E-state index is -0.464. The van der Waals surface area contributed by atoms with Gasteiger partial charge in [-0.3, -0.25) is 10.1 Å². The van der Waals surface area contributed by atoms with Crippen LogP contribution in [-0.2, 0) is 6.42 Å². The van der Waals surface area contributed by atoms with E-state index in [2.05, 4.69) is 10.3 Å². The normalized spacial score (nSPS) is 11.9. The van der Waals surface area contributed by atoms with Crippen LogP contribution in [0.25, 0.3) is 0 Å². The summed E-state index contributed by atoms with van der Waals surface area (Å²) < 4.78 is 10.3. The molecule has 0 radical (unpaired) electrons. The quantitative estimate of drug-likeness (QED) is 0.623. The number of aryl methyl sites for hydroxylation is 1. The molecule has 0 fully saturated rings. The van der Waals surface area contributed by atoms with Crippen molar-refractivity contribution in [1.29, 1.82) is 0 Å². The molecule has 0 aliphatic heterocycles. The van der Waals surface area contributed by atoms with E-state index >= 15 is 0 Å². The number of pyridine rings is 1. The van der Waals surface area contributed by atoms with Crippen molar-refractivity contribution < 1.29 is 14.1 Å². The second kappa shape index (κ2) is 6.74. The first-order valence-corrected chi connectivity index (χ1v) is 6.58. The van der Waals surface area contributed by atoms with Gasteiger partial charge in [-0.25, -0.2) is 0 Å². The Bertz CT molecular complexity index is 598. The number of furan rings is 1. The Morgan fingerprint density at radius 1 is 1.48 bits per heavy atom. The minimum Gasteiger partial charge on any atom is -0.481 e. The number of rotatable bonds is 7. The number of ether oxygens (including phenoxy) is 1. The highest BCUT2D eigenvalue weighted by molar-refractivity contribution is 5.57. The zero-order valence-electron chi connectivity index (χ0n) is 11.9. The maximum Gasteiger partial charge on any atom is 0.311 e. The van der Waals surface area contributed by atoms with Crippen LogP contribution in [0, 0.1) is 10.1 Å². The summed E-state index contributed by atoms with van der Waals surface area (Å²) in [5.41, 5.74) is -0.0688. The molecule has 0 aliphatic rings. The molecule has 21 heavy (non-hydrogen) atoms. The summed E-state index contributed by atoms with van der Waals surface area (Å²) in [6, 6.07) is 6.60. The highest BCUT2D eigenvalue weighted by Gasteiger charge is 2.18. The number of anilines is 1. The Balaban J connectivity index is 2.04. The smallest absolute Gasteiger partial charge is 0.311 e. The van der Waals surface area contributed by atoms with Crippen LogP contribution in [0.4, 0.5) is 11.5 Å². The molecule has 1 unspecified atom stereocenters. The van der Waals surface area contributed by atoms with Crippen LogP contribution in [0.3, 0.4) is 0 Å². The van der Waals surface area contributed by atoms with Crippen LogP contribution in [0.15, 0.2) is 34.9 Å². The highest BCUT2D eigenvalue weighted by Crippen LogP contribution is 2.26. The van der Waals surface area contributed by atoms with Crippen molar-refractivity contribution in [3.63, 3.8) is 0 Å². The van der Waals surface area contributed by atoms with Crippen LogP contribution in [0.2, 0.25) is 0 Å². The van der Waals surface area contributed by atoms with Crippen LogP contribution in [0.1, 0.15) is 19.1 Å². The van der Waals surface area contributed by atoms with Crippen molar-refractivity contribution >= 4 is 11.5 Å². The third-order valence-corrected chi connectivity index (χ3v) is 3.04. The third-order valence-electron chi connectivity index (χ3n) is 3.04. The van der Waals surface area contributed by atoms with E-state index in [0.29, 0.717) is 5.88 Å². The minimum absolute atomic E-state index is 0.00778. The van der Waals surface area contributed by atoms with Crippen molar-refractivity contribution in [2.75, 3.05) is 12.4 Å². The number of methoxy groups -OCH3 is 1. The number of aromatic nitrogens is 1. The van der Waals surface area contributed by atoms with E-state index in [4.69, 9.17) is 9.15 Å². The lowest BCUT2D eigenvalue weighted by atomic mass is 10.1. The molecule has 0 saturated carbocycles. The fraction of sp³-hybridized carbons (Fsp3) is 0.357. The molecule has 0 bridgehead atoms. The summed E-state index contributed by atoms with van der Waals surface area (Å²) in [5, 5.41) is 14.1. The summed E-state index contributed by atoms with van der Waals surface area (Å²) in [6.45, 7) is 1.94. The molecule has 1 N–H and O–H groups in total. The molecule has 0 spiro atoms. The van der Waals surface area contributed by atoms with Crippen LogP contribution in [-0.4, -0.2) is 23.1 Å². The zero-order valence-corrected chi connectivity index (χ0v) is 11.9. The summed E-state index contributed by atoms with van der Waals surface area (Å²) >= 11 is 0. The van der Waals surface area contributed by atoms with Gasteiger partial charge in [-0.2, -0.15) is 4.98 Å². The SMILES string of the molecule is COc1ccc([N+](=O)[O-])c(NC(C)CCc2ccco2)n1. The largest absolute Gasteiger partial charge is 0.481 e. The topological polar surface area (TPSA) is 90.4 Å². The average Bonchev–Trinajstić information content (AvgIpc) is 2.98. The second-order valence-corrected chi connectivity index (χ2v) is 4.64. The Labute approximate surface area is 122 Å². The van der Waals surface area contributed by atoms with E-state index in [1.807, 2.05) is 19.1 Å². The number of nitro groups is 1. The summed E-state index contributed by atoms with van der Waals surface area (Å²) in [5.74, 6) is 1.43. The van der Waals surface area contributed by atoms with Gasteiger partial charge in [-0.15, -0.1) is 0 Å². The Morgan fingerprint density at radius 2 is 2.29 bits per heavy atom. The standard InChI is InChI=1S/C14H17N3O4/c1-10(5-6-11-4-3-9-21-11)15-14-12(17(18)19)7-8-13(16-14)20-2/h3-4,7-10H,5-6H2,1-2H3,(H,15,16). The molecular formula is C14H17N3O4.